The van der Waals surface area contributed by atoms with Crippen molar-refractivity contribution in [2.45, 2.75) is 18.7 Å². The third-order valence-electron chi connectivity index (χ3n) is 6.56. The maximum atomic E-state index is 14.1. The lowest BCUT2D eigenvalue weighted by atomic mass is 10.0. The van der Waals surface area contributed by atoms with Crippen LogP contribution < -0.4 is 4.90 Å². The third kappa shape index (κ3) is 3.38. The van der Waals surface area contributed by atoms with Crippen LogP contribution >= 0.6 is 11.6 Å². The number of halogens is 1. The molecule has 7 heteroatoms. The molecule has 0 amide bonds. The molecule has 0 spiro atoms. The van der Waals surface area contributed by atoms with Crippen molar-refractivity contribution in [3.63, 3.8) is 0 Å². The van der Waals surface area contributed by atoms with Gasteiger partial charge in [0.2, 0.25) is 0 Å². The second kappa shape index (κ2) is 7.80. The number of benzene rings is 3. The number of piperazine rings is 1. The van der Waals surface area contributed by atoms with Crippen LogP contribution in [0.4, 0.5) is 5.69 Å². The van der Waals surface area contributed by atoms with Crippen LogP contribution in [0.15, 0.2) is 59.6 Å². The summed E-state index contributed by atoms with van der Waals surface area (Å²) in [6.07, 6.45) is 1.69. The number of aryl methyl sites for hydroxylation is 2. The van der Waals surface area contributed by atoms with Crippen molar-refractivity contribution < 1.29 is 8.42 Å². The predicted molar refractivity (Wildman–Crippen MR) is 133 cm³/mol. The van der Waals surface area contributed by atoms with Gasteiger partial charge in [-0.3, -0.25) is 0 Å². The van der Waals surface area contributed by atoms with Gasteiger partial charge >= 0.3 is 0 Å². The number of likely N-dealkylation sites (N-methyl/N-ethyl adjacent to an activating group) is 1. The number of fused-ring (bicyclic) bond motifs is 2. The Labute approximate surface area is 193 Å². The number of rotatable bonds is 3. The Kier molecular flexibility index (Phi) is 5.19. The molecule has 5 rings (SSSR count). The molecule has 1 aliphatic heterocycles. The molecule has 2 heterocycles. The summed E-state index contributed by atoms with van der Waals surface area (Å²) in [5.74, 6) is 0. The van der Waals surface area contributed by atoms with Gasteiger partial charge in [0.15, 0.2) is 0 Å². The molecule has 3 aromatic carbocycles. The van der Waals surface area contributed by atoms with E-state index in [0.717, 1.165) is 59.2 Å². The average molecular weight is 468 g/mol. The Balaban J connectivity index is 1.77. The maximum Gasteiger partial charge on any atom is 0.268 e. The van der Waals surface area contributed by atoms with E-state index in [9.17, 15) is 8.42 Å². The second-order valence-corrected chi connectivity index (χ2v) is 10.8. The van der Waals surface area contributed by atoms with Crippen LogP contribution in [0.25, 0.3) is 21.7 Å². The van der Waals surface area contributed by atoms with Crippen LogP contribution in [0.2, 0.25) is 5.02 Å². The lowest BCUT2D eigenvalue weighted by Gasteiger charge is -2.35. The highest BCUT2D eigenvalue weighted by molar-refractivity contribution is 7.90. The van der Waals surface area contributed by atoms with Gasteiger partial charge < -0.3 is 9.80 Å². The highest BCUT2D eigenvalue weighted by Gasteiger charge is 2.26. The number of anilines is 1. The first kappa shape index (κ1) is 21.3. The molecule has 1 fully saturated rings. The quantitative estimate of drug-likeness (QED) is 0.423. The fourth-order valence-corrected chi connectivity index (χ4v) is 6.50. The summed E-state index contributed by atoms with van der Waals surface area (Å²) < 4.78 is 29.5. The van der Waals surface area contributed by atoms with E-state index in [1.807, 2.05) is 43.3 Å². The average Bonchev–Trinajstić information content (AvgIpc) is 3.11. The summed E-state index contributed by atoms with van der Waals surface area (Å²) in [6, 6.07) is 15.0. The zero-order valence-electron chi connectivity index (χ0n) is 18.5. The zero-order valence-corrected chi connectivity index (χ0v) is 20.0. The van der Waals surface area contributed by atoms with E-state index in [0.29, 0.717) is 15.4 Å². The van der Waals surface area contributed by atoms with Crippen LogP contribution in [0.3, 0.4) is 0 Å². The molecular weight excluding hydrogens is 442 g/mol. The van der Waals surface area contributed by atoms with Gasteiger partial charge in [0.05, 0.1) is 10.4 Å². The number of aromatic nitrogens is 1. The first-order chi connectivity index (χ1) is 15.3. The van der Waals surface area contributed by atoms with Crippen molar-refractivity contribution in [2.75, 3.05) is 38.1 Å². The van der Waals surface area contributed by atoms with Gasteiger partial charge in [0.1, 0.15) is 0 Å². The Morgan fingerprint density at radius 3 is 2.28 bits per heavy atom. The highest BCUT2D eigenvalue weighted by Crippen LogP contribution is 2.37. The first-order valence-electron chi connectivity index (χ1n) is 10.8. The normalized spacial score (nSPS) is 15.7. The van der Waals surface area contributed by atoms with Gasteiger partial charge in [0, 0.05) is 53.9 Å². The van der Waals surface area contributed by atoms with E-state index in [-0.39, 0.29) is 0 Å². The van der Waals surface area contributed by atoms with Crippen LogP contribution in [0.1, 0.15) is 11.1 Å². The molecule has 0 atom stereocenters. The Morgan fingerprint density at radius 2 is 1.56 bits per heavy atom. The Bertz CT molecular complexity index is 1450. The SMILES string of the molecule is Cc1c(N2CCN(C)CC2)cc(S(=O)(=O)n2cc(C)c3ccc(Cl)cc32)c2ccccc12. The minimum atomic E-state index is -3.86. The minimum Gasteiger partial charge on any atom is -0.369 e. The highest BCUT2D eigenvalue weighted by atomic mass is 35.5. The fourth-order valence-electron chi connectivity index (χ4n) is 4.70. The Morgan fingerprint density at radius 1 is 0.875 bits per heavy atom. The molecule has 0 radical (unpaired) electrons. The summed E-state index contributed by atoms with van der Waals surface area (Å²) in [4.78, 5) is 4.92. The van der Waals surface area contributed by atoms with Gasteiger partial charge in [-0.25, -0.2) is 12.4 Å². The van der Waals surface area contributed by atoms with E-state index < -0.39 is 10.0 Å². The standard InChI is InChI=1S/C25H26ClN3O2S/c1-17-16-29(24-14-19(26)8-9-20(17)24)32(30,31)25-15-23(28-12-10-27(3)11-13-28)18(2)21-6-4-5-7-22(21)25/h4-9,14-16H,10-13H2,1-3H3. The Hall–Kier alpha value is -2.54. The molecule has 1 saturated heterocycles. The summed E-state index contributed by atoms with van der Waals surface area (Å²) in [5, 5.41) is 3.10. The molecule has 0 saturated carbocycles. The van der Waals surface area contributed by atoms with E-state index in [4.69, 9.17) is 11.6 Å². The maximum absolute atomic E-state index is 14.1. The zero-order chi connectivity index (χ0) is 22.6. The molecular formula is C25H26ClN3O2S. The first-order valence-corrected chi connectivity index (χ1v) is 12.6. The van der Waals surface area contributed by atoms with Gasteiger partial charge in [-0.2, -0.15) is 0 Å². The monoisotopic (exact) mass is 467 g/mol. The molecule has 5 nitrogen and oxygen atoms in total. The van der Waals surface area contributed by atoms with Crippen molar-refractivity contribution in [3.05, 3.63) is 70.9 Å². The van der Waals surface area contributed by atoms with Gasteiger partial charge in [-0.05, 0) is 55.6 Å². The van der Waals surface area contributed by atoms with Crippen molar-refractivity contribution in [2.24, 2.45) is 0 Å². The summed E-state index contributed by atoms with van der Waals surface area (Å²) in [5.41, 5.74) is 3.60. The van der Waals surface area contributed by atoms with E-state index in [1.54, 1.807) is 18.3 Å². The van der Waals surface area contributed by atoms with Crippen LogP contribution in [-0.4, -0.2) is 50.5 Å². The molecule has 32 heavy (non-hydrogen) atoms. The van der Waals surface area contributed by atoms with Gasteiger partial charge in [0.25, 0.3) is 10.0 Å². The molecule has 166 valence electrons. The number of nitrogens with zero attached hydrogens (tertiary/aromatic N) is 3. The summed E-state index contributed by atoms with van der Waals surface area (Å²) in [7, 11) is -1.74. The topological polar surface area (TPSA) is 45.6 Å². The smallest absolute Gasteiger partial charge is 0.268 e. The minimum absolute atomic E-state index is 0.324. The lowest BCUT2D eigenvalue weighted by molar-refractivity contribution is 0.312. The van der Waals surface area contributed by atoms with Crippen molar-refractivity contribution in [1.82, 2.24) is 8.87 Å². The van der Waals surface area contributed by atoms with E-state index in [2.05, 4.69) is 23.8 Å². The van der Waals surface area contributed by atoms with Crippen molar-refractivity contribution >= 4 is 49.0 Å². The summed E-state index contributed by atoms with van der Waals surface area (Å²) in [6.45, 7) is 7.65. The molecule has 0 N–H and O–H groups in total. The second-order valence-electron chi connectivity index (χ2n) is 8.63. The lowest BCUT2D eigenvalue weighted by Crippen LogP contribution is -2.44. The molecule has 0 bridgehead atoms. The largest absolute Gasteiger partial charge is 0.369 e. The predicted octanol–water partition coefficient (Wildman–Crippen LogP) is 5.05. The molecule has 1 aliphatic rings. The van der Waals surface area contributed by atoms with Crippen molar-refractivity contribution in [3.8, 4) is 0 Å². The molecule has 0 unspecified atom stereocenters. The van der Waals surface area contributed by atoms with Crippen molar-refractivity contribution in [1.29, 1.82) is 0 Å². The fraction of sp³-hybridized carbons (Fsp3) is 0.280. The van der Waals surface area contributed by atoms with Crippen LogP contribution in [-0.2, 0) is 10.0 Å². The van der Waals surface area contributed by atoms with E-state index in [1.165, 1.54) is 3.97 Å². The van der Waals surface area contributed by atoms with Gasteiger partial charge in [-0.1, -0.05) is 41.9 Å². The third-order valence-corrected chi connectivity index (χ3v) is 8.51. The molecule has 1 aromatic heterocycles. The molecule has 0 aliphatic carbocycles. The number of hydrogen-bond donors (Lipinski definition) is 0. The summed E-state index contributed by atoms with van der Waals surface area (Å²) >= 11 is 6.23. The molecule has 4 aromatic rings. The van der Waals surface area contributed by atoms with E-state index >= 15 is 0 Å². The van der Waals surface area contributed by atoms with Crippen LogP contribution in [0.5, 0.6) is 0 Å². The van der Waals surface area contributed by atoms with Gasteiger partial charge in [-0.15, -0.1) is 0 Å². The number of hydrogen-bond acceptors (Lipinski definition) is 4. The van der Waals surface area contributed by atoms with Crippen LogP contribution in [0, 0.1) is 13.8 Å².